The molecule has 9 unspecified atom stereocenters. The molecule has 0 amide bonds. The van der Waals surface area contributed by atoms with Crippen LogP contribution in [-0.2, 0) is 42.7 Å². The number of fused-ring (bicyclic) bond motifs is 1. The number of hydrogen-bond donors (Lipinski definition) is 5. The maximum absolute atomic E-state index is 12.7. The monoisotopic (exact) mass is 875 g/mol. The Labute approximate surface area is 367 Å². The molecule has 0 aliphatic carbocycles. The van der Waals surface area contributed by atoms with Gasteiger partial charge in [0.05, 0.1) is 49.8 Å². The standard InChI is InChI=1S/C48H74O14/c1-28-22-38(60-48(24-28)39(51)13-12-35(59-48)25-45(7,54)44(53)55-27-29(2)26-49)30(3)10-11-34-15-19-47(58-34)20-16-37-43(62-47)40(52)33(6)42(57-37)36(50)23-32(5)41-31(4)14-18-46(61-41)17-8-9-21-56-46/h10-11,24,30-32,34-43,49-52,54H,2,6,8-9,12-23,25-27H2,1,3-5,7H3/b11-10+/t30-,31?,32+,34+,35+,36?,37?,38+,39?,40?,41?,42+,43?,45-,46+,47?,48?/m1/s1. The van der Waals surface area contributed by atoms with Gasteiger partial charge in [-0.15, -0.1) is 0 Å². The van der Waals surface area contributed by atoms with E-state index >= 15 is 0 Å². The van der Waals surface area contributed by atoms with Gasteiger partial charge in [-0.05, 0) is 101 Å². The number of aliphatic hydroxyl groups excluding tert-OH is 4. The normalized spacial score (nSPS) is 42.6. The number of esters is 1. The molecule has 0 bridgehead atoms. The Kier molecular flexibility index (Phi) is 15.0. The highest BCUT2D eigenvalue weighted by Crippen LogP contribution is 2.47. The second-order valence-corrected chi connectivity index (χ2v) is 20.0. The average Bonchev–Trinajstić information content (AvgIpc) is 3.64. The van der Waals surface area contributed by atoms with Crippen LogP contribution in [0.2, 0.25) is 0 Å². The molecule has 14 nitrogen and oxygen atoms in total. The van der Waals surface area contributed by atoms with E-state index in [0.717, 1.165) is 50.7 Å². The Balaban J connectivity index is 0.909. The molecule has 7 heterocycles. The highest BCUT2D eigenvalue weighted by molar-refractivity contribution is 5.78. The minimum absolute atomic E-state index is 0.0452. The fourth-order valence-electron chi connectivity index (χ4n) is 10.9. The maximum atomic E-state index is 12.7. The van der Waals surface area contributed by atoms with E-state index in [4.69, 9.17) is 37.9 Å². The fourth-order valence-corrected chi connectivity index (χ4v) is 10.9. The molecule has 7 aliphatic heterocycles. The third-order valence-corrected chi connectivity index (χ3v) is 14.6. The molecule has 7 aliphatic rings. The van der Waals surface area contributed by atoms with Crippen molar-refractivity contribution < 1.29 is 68.2 Å². The highest BCUT2D eigenvalue weighted by atomic mass is 16.7. The van der Waals surface area contributed by atoms with Crippen molar-refractivity contribution in [1.82, 2.24) is 0 Å². The molecular formula is C48H74O14. The molecule has 6 saturated heterocycles. The van der Waals surface area contributed by atoms with Gasteiger partial charge in [-0.25, -0.2) is 4.79 Å². The molecular weight excluding hydrogens is 801 g/mol. The number of rotatable bonds is 13. The van der Waals surface area contributed by atoms with Crippen molar-refractivity contribution in [3.05, 3.63) is 48.1 Å². The van der Waals surface area contributed by atoms with Gasteiger partial charge in [-0.3, -0.25) is 0 Å². The van der Waals surface area contributed by atoms with Gasteiger partial charge in [-0.2, -0.15) is 0 Å². The summed E-state index contributed by atoms with van der Waals surface area (Å²) in [5, 5.41) is 54.6. The van der Waals surface area contributed by atoms with E-state index in [9.17, 15) is 30.3 Å². The number of aliphatic hydroxyl groups is 5. The summed E-state index contributed by atoms with van der Waals surface area (Å²) < 4.78 is 50.7. The second-order valence-electron chi connectivity index (χ2n) is 20.0. The summed E-state index contributed by atoms with van der Waals surface area (Å²) in [7, 11) is 0. The van der Waals surface area contributed by atoms with E-state index in [0.29, 0.717) is 62.0 Å². The van der Waals surface area contributed by atoms with Crippen LogP contribution in [0.1, 0.15) is 125 Å². The minimum atomic E-state index is -1.87. The first-order valence-electron chi connectivity index (χ1n) is 23.3. The van der Waals surface area contributed by atoms with Gasteiger partial charge in [0.1, 0.15) is 31.0 Å². The Morgan fingerprint density at radius 2 is 1.77 bits per heavy atom. The molecule has 17 atom stereocenters. The highest BCUT2D eigenvalue weighted by Gasteiger charge is 2.55. The number of ether oxygens (including phenoxy) is 8. The predicted octanol–water partition coefficient (Wildman–Crippen LogP) is 5.22. The Morgan fingerprint density at radius 1 is 1.02 bits per heavy atom. The van der Waals surface area contributed by atoms with Crippen molar-refractivity contribution in [2.45, 2.75) is 209 Å². The average molecular weight is 875 g/mol. The van der Waals surface area contributed by atoms with Crippen molar-refractivity contribution in [2.24, 2.45) is 17.8 Å². The zero-order chi connectivity index (χ0) is 44.6. The van der Waals surface area contributed by atoms with Crippen LogP contribution in [0.25, 0.3) is 0 Å². The van der Waals surface area contributed by atoms with Crippen LogP contribution < -0.4 is 0 Å². The van der Waals surface area contributed by atoms with Crippen LogP contribution in [0.4, 0.5) is 0 Å². The summed E-state index contributed by atoms with van der Waals surface area (Å²) in [6, 6.07) is 0. The van der Waals surface area contributed by atoms with Crippen molar-refractivity contribution in [1.29, 1.82) is 0 Å². The lowest BCUT2D eigenvalue weighted by atomic mass is 9.79. The quantitative estimate of drug-likeness (QED) is 0.120. The first-order chi connectivity index (χ1) is 29.4. The zero-order valence-electron chi connectivity index (χ0n) is 37.6. The molecule has 0 saturated carbocycles. The summed E-state index contributed by atoms with van der Waals surface area (Å²) >= 11 is 0. The van der Waals surface area contributed by atoms with Crippen LogP contribution in [0.3, 0.4) is 0 Å². The largest absolute Gasteiger partial charge is 0.459 e. The van der Waals surface area contributed by atoms with Crippen LogP contribution in [0.5, 0.6) is 0 Å². The van der Waals surface area contributed by atoms with Crippen LogP contribution in [0, 0.1) is 17.8 Å². The Hall–Kier alpha value is -2.05. The number of carbonyl (C=O) groups excluding carboxylic acids is 1. The van der Waals surface area contributed by atoms with E-state index in [1.165, 1.54) is 6.92 Å². The molecule has 7 rings (SSSR count). The topological polar surface area (TPSA) is 192 Å². The Bertz CT molecular complexity index is 1650. The molecule has 5 N–H and O–H groups in total. The first kappa shape index (κ1) is 47.9. The van der Waals surface area contributed by atoms with Gasteiger partial charge in [0.25, 0.3) is 0 Å². The minimum Gasteiger partial charge on any atom is -0.459 e. The van der Waals surface area contributed by atoms with Crippen molar-refractivity contribution in [2.75, 3.05) is 19.8 Å². The van der Waals surface area contributed by atoms with E-state index < -0.39 is 71.7 Å². The SMILES string of the molecule is C=C(CO)COC(=O)[C@](C)(O)C[C@@H]1CCC(O)C2(C=C(C)C[C@@H]([C@H](C)/C=C/[C@H]3CCC4(CCC5O[C@H](C(O)C[C@H](C)C6O[C@@]7(CCCCO7)CCC6C)C(=C)C(O)C5O4)O3)O2)O1. The van der Waals surface area contributed by atoms with Crippen LogP contribution >= 0.6 is 0 Å². The van der Waals surface area contributed by atoms with Gasteiger partial charge in [0.2, 0.25) is 5.79 Å². The summed E-state index contributed by atoms with van der Waals surface area (Å²) in [6.07, 6.45) is 9.32. The maximum Gasteiger partial charge on any atom is 0.338 e. The van der Waals surface area contributed by atoms with Crippen LogP contribution in [-0.4, -0.2) is 135 Å². The van der Waals surface area contributed by atoms with E-state index in [-0.39, 0.29) is 49.8 Å². The second kappa shape index (κ2) is 19.4. The molecule has 6 fully saturated rings. The van der Waals surface area contributed by atoms with Crippen molar-refractivity contribution in [3.63, 3.8) is 0 Å². The molecule has 14 heteroatoms. The molecule has 0 radical (unpaired) electrons. The molecule has 62 heavy (non-hydrogen) atoms. The van der Waals surface area contributed by atoms with Crippen molar-refractivity contribution in [3.8, 4) is 0 Å². The molecule has 350 valence electrons. The molecule has 0 aromatic rings. The summed E-state index contributed by atoms with van der Waals surface area (Å²) in [5.74, 6) is -3.40. The third kappa shape index (κ3) is 10.5. The third-order valence-electron chi connectivity index (χ3n) is 14.6. The Morgan fingerprint density at radius 3 is 2.52 bits per heavy atom. The summed E-state index contributed by atoms with van der Waals surface area (Å²) in [5.41, 5.74) is -0.151. The first-order valence-corrected chi connectivity index (χ1v) is 23.3. The lowest BCUT2D eigenvalue weighted by Crippen LogP contribution is -2.60. The van der Waals surface area contributed by atoms with Crippen molar-refractivity contribution >= 4 is 5.97 Å². The predicted molar refractivity (Wildman–Crippen MR) is 227 cm³/mol. The zero-order valence-corrected chi connectivity index (χ0v) is 37.6. The molecule has 3 spiro atoms. The van der Waals surface area contributed by atoms with Gasteiger partial charge in [0.15, 0.2) is 17.2 Å². The van der Waals surface area contributed by atoms with Crippen LogP contribution in [0.15, 0.2) is 48.1 Å². The summed E-state index contributed by atoms with van der Waals surface area (Å²) in [4.78, 5) is 12.7. The number of carbonyl (C=O) groups is 1. The van der Waals surface area contributed by atoms with Gasteiger partial charge in [-0.1, -0.05) is 51.7 Å². The smallest absolute Gasteiger partial charge is 0.338 e. The van der Waals surface area contributed by atoms with E-state index in [1.54, 1.807) is 0 Å². The summed E-state index contributed by atoms with van der Waals surface area (Å²) in [6.45, 7) is 17.7. The van der Waals surface area contributed by atoms with E-state index in [1.807, 2.05) is 26.0 Å². The van der Waals surface area contributed by atoms with Gasteiger partial charge in [0, 0.05) is 38.0 Å². The van der Waals surface area contributed by atoms with E-state index in [2.05, 4.69) is 33.1 Å². The van der Waals surface area contributed by atoms with Gasteiger partial charge < -0.3 is 63.4 Å². The lowest BCUT2D eigenvalue weighted by molar-refractivity contribution is -0.321. The number of hydrogen-bond acceptors (Lipinski definition) is 14. The van der Waals surface area contributed by atoms with Gasteiger partial charge >= 0.3 is 5.97 Å². The molecule has 0 aromatic heterocycles. The lowest BCUT2D eigenvalue weighted by Gasteiger charge is -2.50. The molecule has 0 aromatic carbocycles. The fraction of sp³-hybridized carbons (Fsp3) is 0.812.